The summed E-state index contributed by atoms with van der Waals surface area (Å²) in [7, 11) is -1.74. The molecule has 0 spiro atoms. The van der Waals surface area contributed by atoms with Crippen molar-refractivity contribution in [1.82, 2.24) is 0 Å². The number of hydrogen-bond acceptors (Lipinski definition) is 1. The van der Waals surface area contributed by atoms with E-state index in [-0.39, 0.29) is 10.5 Å². The predicted octanol–water partition coefficient (Wildman–Crippen LogP) is 6.34. The van der Waals surface area contributed by atoms with Crippen LogP contribution in [0.1, 0.15) is 60.8 Å². The van der Waals surface area contributed by atoms with Gasteiger partial charge in [0.25, 0.3) is 0 Å². The Bertz CT molecular complexity index is 465. The van der Waals surface area contributed by atoms with E-state index in [0.717, 1.165) is 0 Å². The standard InChI is InChI=1S/C20H36OSi/c1-15-11-9-10-12-17-16(13-15)14-20(5,6)18(17)21-22(7,8)19(2,3)4/h10,12-13,16-18H,9,11,14H2,1-8H3/b12-10-,15-13-/t16-,17-,18+/m0/s1. The second kappa shape index (κ2) is 5.94. The average Bonchev–Trinajstić information content (AvgIpc) is 2.52. The fourth-order valence-corrected chi connectivity index (χ4v) is 5.23. The normalized spacial score (nSPS) is 36.0. The average molecular weight is 321 g/mol. The van der Waals surface area contributed by atoms with Crippen molar-refractivity contribution in [3.63, 3.8) is 0 Å². The van der Waals surface area contributed by atoms with Crippen LogP contribution in [0.2, 0.25) is 18.1 Å². The van der Waals surface area contributed by atoms with Gasteiger partial charge < -0.3 is 4.43 Å². The second-order valence-corrected chi connectivity index (χ2v) is 14.5. The summed E-state index contributed by atoms with van der Waals surface area (Å²) >= 11 is 0. The Balaban J connectivity index is 2.31. The molecule has 0 amide bonds. The number of allylic oxidation sites excluding steroid dienone is 3. The van der Waals surface area contributed by atoms with Crippen molar-refractivity contribution in [1.29, 1.82) is 0 Å². The zero-order chi connectivity index (χ0) is 16.8. The molecular weight excluding hydrogens is 284 g/mol. The lowest BCUT2D eigenvalue weighted by Crippen LogP contribution is -2.48. The smallest absolute Gasteiger partial charge is 0.192 e. The van der Waals surface area contributed by atoms with E-state index < -0.39 is 8.32 Å². The highest BCUT2D eigenvalue weighted by Crippen LogP contribution is 2.52. The third kappa shape index (κ3) is 3.59. The van der Waals surface area contributed by atoms with E-state index in [1.165, 1.54) is 19.3 Å². The van der Waals surface area contributed by atoms with Gasteiger partial charge in [0.2, 0.25) is 0 Å². The van der Waals surface area contributed by atoms with Gasteiger partial charge in [0.05, 0.1) is 6.10 Å². The maximum Gasteiger partial charge on any atom is 0.192 e. The molecule has 22 heavy (non-hydrogen) atoms. The van der Waals surface area contributed by atoms with Gasteiger partial charge >= 0.3 is 0 Å². The molecule has 2 aliphatic rings. The van der Waals surface area contributed by atoms with E-state index in [1.54, 1.807) is 5.57 Å². The molecule has 1 fully saturated rings. The van der Waals surface area contributed by atoms with Crippen molar-refractivity contribution in [2.75, 3.05) is 0 Å². The van der Waals surface area contributed by atoms with Gasteiger partial charge in [-0.05, 0) is 55.7 Å². The predicted molar refractivity (Wildman–Crippen MR) is 99.6 cm³/mol. The van der Waals surface area contributed by atoms with Gasteiger partial charge in [0.1, 0.15) is 0 Å². The molecule has 1 saturated carbocycles. The molecule has 0 heterocycles. The molecule has 0 aromatic rings. The SMILES string of the molecule is C/C1=C/[C@H]2CC(C)(C)[C@H](O[Si](C)(C)C(C)(C)C)[C@H]2/C=C\CC1. The van der Waals surface area contributed by atoms with E-state index in [2.05, 4.69) is 72.9 Å². The quantitative estimate of drug-likeness (QED) is 0.426. The first-order valence-electron chi connectivity index (χ1n) is 8.96. The lowest BCUT2D eigenvalue weighted by molar-refractivity contribution is 0.0682. The van der Waals surface area contributed by atoms with Crippen LogP contribution >= 0.6 is 0 Å². The Morgan fingerprint density at radius 3 is 2.45 bits per heavy atom. The van der Waals surface area contributed by atoms with Gasteiger partial charge in [0, 0.05) is 5.92 Å². The second-order valence-electron chi connectivity index (χ2n) is 9.71. The molecule has 2 rings (SSSR count). The lowest BCUT2D eigenvalue weighted by Gasteiger charge is -2.43. The molecule has 126 valence electrons. The van der Waals surface area contributed by atoms with Gasteiger partial charge in [-0.25, -0.2) is 0 Å². The molecule has 2 heteroatoms. The van der Waals surface area contributed by atoms with Crippen LogP contribution in [0.4, 0.5) is 0 Å². The minimum atomic E-state index is -1.74. The van der Waals surface area contributed by atoms with Crippen molar-refractivity contribution in [3.05, 3.63) is 23.8 Å². The van der Waals surface area contributed by atoms with E-state index in [4.69, 9.17) is 4.43 Å². The first-order valence-corrected chi connectivity index (χ1v) is 11.9. The first kappa shape index (κ1) is 18.0. The van der Waals surface area contributed by atoms with Gasteiger partial charge in [-0.1, -0.05) is 58.4 Å². The van der Waals surface area contributed by atoms with Crippen molar-refractivity contribution < 1.29 is 4.43 Å². The van der Waals surface area contributed by atoms with Crippen LogP contribution in [0.25, 0.3) is 0 Å². The molecule has 1 nitrogen and oxygen atoms in total. The number of hydrogen-bond donors (Lipinski definition) is 0. The fourth-order valence-electron chi connectivity index (χ4n) is 3.76. The van der Waals surface area contributed by atoms with Crippen LogP contribution in [0.15, 0.2) is 23.8 Å². The molecule has 0 aromatic carbocycles. The highest BCUT2D eigenvalue weighted by molar-refractivity contribution is 6.74. The highest BCUT2D eigenvalue weighted by Gasteiger charge is 2.51. The van der Waals surface area contributed by atoms with Gasteiger partial charge in [0.15, 0.2) is 8.32 Å². The topological polar surface area (TPSA) is 9.23 Å². The van der Waals surface area contributed by atoms with Crippen LogP contribution in [0.3, 0.4) is 0 Å². The van der Waals surface area contributed by atoms with E-state index in [1.807, 2.05) is 0 Å². The number of fused-ring (bicyclic) bond motifs is 1. The van der Waals surface area contributed by atoms with Gasteiger partial charge in [-0.15, -0.1) is 0 Å². The minimum Gasteiger partial charge on any atom is -0.413 e. The molecule has 0 bridgehead atoms. The summed E-state index contributed by atoms with van der Waals surface area (Å²) in [6, 6.07) is 0. The van der Waals surface area contributed by atoms with Crippen molar-refractivity contribution in [2.45, 2.75) is 85.0 Å². The highest BCUT2D eigenvalue weighted by atomic mass is 28.4. The van der Waals surface area contributed by atoms with Gasteiger partial charge in [-0.3, -0.25) is 0 Å². The minimum absolute atomic E-state index is 0.260. The summed E-state index contributed by atoms with van der Waals surface area (Å²) in [5.74, 6) is 1.21. The maximum atomic E-state index is 6.94. The number of rotatable bonds is 2. The van der Waals surface area contributed by atoms with Crippen molar-refractivity contribution in [3.8, 4) is 0 Å². The third-order valence-corrected chi connectivity index (χ3v) is 10.6. The van der Waals surface area contributed by atoms with Crippen molar-refractivity contribution in [2.24, 2.45) is 17.3 Å². The summed E-state index contributed by atoms with van der Waals surface area (Å²) in [5, 5.41) is 0.276. The molecule has 0 unspecified atom stereocenters. The van der Waals surface area contributed by atoms with Crippen LogP contribution < -0.4 is 0 Å². The van der Waals surface area contributed by atoms with Crippen LogP contribution in [0, 0.1) is 17.3 Å². The molecule has 0 saturated heterocycles. The van der Waals surface area contributed by atoms with Crippen molar-refractivity contribution >= 4 is 8.32 Å². The van der Waals surface area contributed by atoms with Crippen LogP contribution in [-0.4, -0.2) is 14.4 Å². The van der Waals surface area contributed by atoms with E-state index in [9.17, 15) is 0 Å². The lowest BCUT2D eigenvalue weighted by atomic mass is 9.87. The molecule has 2 aliphatic carbocycles. The monoisotopic (exact) mass is 320 g/mol. The largest absolute Gasteiger partial charge is 0.413 e. The summed E-state index contributed by atoms with van der Waals surface area (Å²) in [6.07, 6.45) is 11.4. The summed E-state index contributed by atoms with van der Waals surface area (Å²) in [4.78, 5) is 0. The summed E-state index contributed by atoms with van der Waals surface area (Å²) < 4.78 is 6.94. The third-order valence-electron chi connectivity index (χ3n) is 6.17. The molecule has 0 aromatic heterocycles. The zero-order valence-corrected chi connectivity index (χ0v) is 17.0. The summed E-state index contributed by atoms with van der Waals surface area (Å²) in [6.45, 7) is 18.9. The Kier molecular flexibility index (Phi) is 4.86. The molecular formula is C20H36OSi. The van der Waals surface area contributed by atoms with Crippen LogP contribution in [0.5, 0.6) is 0 Å². The first-order chi connectivity index (χ1) is 9.94. The zero-order valence-electron chi connectivity index (χ0n) is 16.0. The Labute approximate surface area is 139 Å². The Morgan fingerprint density at radius 2 is 1.86 bits per heavy atom. The maximum absolute atomic E-state index is 6.94. The summed E-state index contributed by atoms with van der Waals surface area (Å²) in [5.41, 5.74) is 1.82. The molecule has 0 aliphatic heterocycles. The van der Waals surface area contributed by atoms with Gasteiger partial charge in [-0.2, -0.15) is 0 Å². The fraction of sp³-hybridized carbons (Fsp3) is 0.800. The Hall–Kier alpha value is -0.343. The molecule has 0 N–H and O–H groups in total. The molecule has 3 atom stereocenters. The van der Waals surface area contributed by atoms with E-state index in [0.29, 0.717) is 17.9 Å². The van der Waals surface area contributed by atoms with E-state index >= 15 is 0 Å². The Morgan fingerprint density at radius 1 is 1.23 bits per heavy atom. The molecule has 0 radical (unpaired) electrons. The van der Waals surface area contributed by atoms with Crippen LogP contribution in [-0.2, 0) is 4.43 Å².